The molecule has 1 aliphatic heterocycles. The van der Waals surface area contributed by atoms with Gasteiger partial charge in [-0.2, -0.15) is 0 Å². The summed E-state index contributed by atoms with van der Waals surface area (Å²) < 4.78 is 5.89. The number of thioether (sulfide) groups is 1. The molecule has 114 valence electrons. The predicted molar refractivity (Wildman–Crippen MR) is 79.7 cm³/mol. The molecule has 1 fully saturated rings. The number of hydrogen-bond acceptors (Lipinski definition) is 6. The number of carbonyl (C=O) groups is 2. The third-order valence-corrected chi connectivity index (χ3v) is 4.56. The molecule has 1 aromatic rings. The Labute approximate surface area is 130 Å². The fourth-order valence-electron chi connectivity index (χ4n) is 1.98. The van der Waals surface area contributed by atoms with Gasteiger partial charge in [0.05, 0.1) is 31.8 Å². The molecular weight excluding hydrogens is 316 g/mol. The zero-order valence-electron chi connectivity index (χ0n) is 11.0. The average Bonchev–Trinajstić information content (AvgIpc) is 2.91. The van der Waals surface area contributed by atoms with Crippen LogP contribution >= 0.6 is 24.0 Å². The van der Waals surface area contributed by atoms with Gasteiger partial charge in [-0.25, -0.2) is 0 Å². The van der Waals surface area contributed by atoms with E-state index in [-0.39, 0.29) is 6.67 Å². The first-order chi connectivity index (χ1) is 9.97. The molecule has 2 heterocycles. The lowest BCUT2D eigenvalue weighted by Crippen LogP contribution is -2.51. The minimum atomic E-state index is -1.15. The molecule has 1 aliphatic rings. The SMILES string of the molecule is O=C(O)CC(C(=O)O)N1CSC(=S)N(Cc2ccco2)C1. The second-order valence-corrected chi connectivity index (χ2v) is 6.08. The van der Waals surface area contributed by atoms with E-state index in [4.69, 9.17) is 21.7 Å². The molecule has 21 heavy (non-hydrogen) atoms. The van der Waals surface area contributed by atoms with Crippen LogP contribution in [0.1, 0.15) is 12.2 Å². The van der Waals surface area contributed by atoms with Gasteiger partial charge in [0.15, 0.2) is 0 Å². The summed E-state index contributed by atoms with van der Waals surface area (Å²) in [6, 6.07) is 2.49. The first-order valence-corrected chi connectivity index (χ1v) is 7.49. The van der Waals surface area contributed by atoms with Gasteiger partial charge in [0.2, 0.25) is 0 Å². The number of rotatable bonds is 6. The van der Waals surface area contributed by atoms with E-state index in [1.807, 2.05) is 0 Å². The molecule has 0 radical (unpaired) electrons. The van der Waals surface area contributed by atoms with E-state index in [1.54, 1.807) is 28.2 Å². The van der Waals surface area contributed by atoms with E-state index in [2.05, 4.69) is 0 Å². The van der Waals surface area contributed by atoms with Crippen LogP contribution < -0.4 is 0 Å². The third-order valence-electron chi connectivity index (χ3n) is 2.99. The van der Waals surface area contributed by atoms with Crippen molar-refractivity contribution in [3.8, 4) is 0 Å². The molecule has 7 nitrogen and oxygen atoms in total. The largest absolute Gasteiger partial charge is 0.481 e. The topological polar surface area (TPSA) is 94.2 Å². The van der Waals surface area contributed by atoms with Gasteiger partial charge in [-0.1, -0.05) is 24.0 Å². The summed E-state index contributed by atoms with van der Waals surface area (Å²) in [6.45, 7) is 0.686. The van der Waals surface area contributed by atoms with Crippen LogP contribution in [0.2, 0.25) is 0 Å². The maximum absolute atomic E-state index is 11.3. The maximum Gasteiger partial charge on any atom is 0.321 e. The monoisotopic (exact) mass is 330 g/mol. The quantitative estimate of drug-likeness (QED) is 0.747. The number of carboxylic acid groups (broad SMARTS) is 2. The number of nitrogens with zero attached hydrogens (tertiary/aromatic N) is 2. The van der Waals surface area contributed by atoms with Crippen molar-refractivity contribution < 1.29 is 24.2 Å². The highest BCUT2D eigenvalue weighted by Crippen LogP contribution is 2.23. The number of hydrogen-bond donors (Lipinski definition) is 2. The lowest BCUT2D eigenvalue weighted by atomic mass is 10.2. The Morgan fingerprint density at radius 2 is 2.24 bits per heavy atom. The fourth-order valence-corrected chi connectivity index (χ4v) is 3.10. The predicted octanol–water partition coefficient (Wildman–Crippen LogP) is 1.26. The van der Waals surface area contributed by atoms with Gasteiger partial charge in [0.1, 0.15) is 16.1 Å². The molecule has 0 saturated carbocycles. The highest BCUT2D eigenvalue weighted by atomic mass is 32.2. The Morgan fingerprint density at radius 1 is 1.48 bits per heavy atom. The molecule has 1 unspecified atom stereocenters. The molecule has 0 aliphatic carbocycles. The molecule has 0 aromatic carbocycles. The minimum Gasteiger partial charge on any atom is -0.481 e. The van der Waals surface area contributed by atoms with E-state index in [9.17, 15) is 14.7 Å². The van der Waals surface area contributed by atoms with Crippen molar-refractivity contribution in [1.82, 2.24) is 9.80 Å². The van der Waals surface area contributed by atoms with Gasteiger partial charge in [0.25, 0.3) is 0 Å². The Balaban J connectivity index is 2.06. The van der Waals surface area contributed by atoms with E-state index >= 15 is 0 Å². The van der Waals surface area contributed by atoms with Gasteiger partial charge in [-0.05, 0) is 12.1 Å². The highest BCUT2D eigenvalue weighted by Gasteiger charge is 2.33. The Bertz CT molecular complexity index is 534. The third kappa shape index (κ3) is 4.19. The first kappa shape index (κ1) is 15.8. The smallest absolute Gasteiger partial charge is 0.321 e. The lowest BCUT2D eigenvalue weighted by Gasteiger charge is -2.38. The average molecular weight is 330 g/mol. The second kappa shape index (κ2) is 6.92. The number of carboxylic acids is 2. The van der Waals surface area contributed by atoms with Crippen molar-refractivity contribution in [2.75, 3.05) is 12.5 Å². The van der Waals surface area contributed by atoms with Crippen LogP contribution in [0.4, 0.5) is 0 Å². The molecule has 0 amide bonds. The van der Waals surface area contributed by atoms with Crippen molar-refractivity contribution in [3.05, 3.63) is 24.2 Å². The van der Waals surface area contributed by atoms with Gasteiger partial charge < -0.3 is 19.5 Å². The fraction of sp³-hybridized carbons (Fsp3) is 0.417. The molecular formula is C12H14N2O5S2. The van der Waals surface area contributed by atoms with Crippen LogP contribution in [0.3, 0.4) is 0 Å². The van der Waals surface area contributed by atoms with Crippen molar-refractivity contribution in [2.45, 2.75) is 19.0 Å². The van der Waals surface area contributed by atoms with Crippen LogP contribution in [-0.2, 0) is 16.1 Å². The Kier molecular flexibility index (Phi) is 5.21. The van der Waals surface area contributed by atoms with Gasteiger partial charge in [-0.15, -0.1) is 0 Å². The summed E-state index contributed by atoms with van der Waals surface area (Å²) in [5.41, 5.74) is 0. The van der Waals surface area contributed by atoms with Gasteiger partial charge >= 0.3 is 11.9 Å². The maximum atomic E-state index is 11.3. The summed E-state index contributed by atoms with van der Waals surface area (Å²) in [4.78, 5) is 25.4. The van der Waals surface area contributed by atoms with E-state index in [1.165, 1.54) is 11.8 Å². The lowest BCUT2D eigenvalue weighted by molar-refractivity contribution is -0.150. The van der Waals surface area contributed by atoms with Crippen molar-refractivity contribution in [3.63, 3.8) is 0 Å². The Hall–Kier alpha value is -1.58. The van der Waals surface area contributed by atoms with E-state index in [0.717, 1.165) is 0 Å². The summed E-state index contributed by atoms with van der Waals surface area (Å²) >= 11 is 6.56. The summed E-state index contributed by atoms with van der Waals surface area (Å²) in [7, 11) is 0. The zero-order chi connectivity index (χ0) is 15.4. The van der Waals surface area contributed by atoms with Crippen LogP contribution in [0, 0.1) is 0 Å². The minimum absolute atomic E-state index is 0.261. The number of thiocarbonyl (C=S) groups is 1. The molecule has 2 rings (SSSR count). The number of aliphatic carboxylic acids is 2. The highest BCUT2D eigenvalue weighted by molar-refractivity contribution is 8.22. The Morgan fingerprint density at radius 3 is 2.81 bits per heavy atom. The number of furan rings is 1. The van der Waals surface area contributed by atoms with Crippen LogP contribution in [0.25, 0.3) is 0 Å². The molecule has 1 atom stereocenters. The summed E-state index contributed by atoms with van der Waals surface area (Å²) in [6.07, 6.45) is 1.11. The molecule has 1 saturated heterocycles. The van der Waals surface area contributed by atoms with Gasteiger partial charge in [0, 0.05) is 0 Å². The van der Waals surface area contributed by atoms with E-state index in [0.29, 0.717) is 22.5 Å². The van der Waals surface area contributed by atoms with Crippen molar-refractivity contribution >= 4 is 40.2 Å². The van der Waals surface area contributed by atoms with Crippen LogP contribution in [0.5, 0.6) is 0 Å². The second-order valence-electron chi connectivity index (χ2n) is 4.50. The first-order valence-electron chi connectivity index (χ1n) is 6.10. The summed E-state index contributed by atoms with van der Waals surface area (Å²) in [5, 5.41) is 18.0. The van der Waals surface area contributed by atoms with Gasteiger partial charge in [-0.3, -0.25) is 14.5 Å². The molecule has 0 bridgehead atoms. The zero-order valence-corrected chi connectivity index (χ0v) is 12.6. The van der Waals surface area contributed by atoms with Crippen LogP contribution in [-0.4, -0.2) is 54.9 Å². The normalized spacial score (nSPS) is 17.7. The van der Waals surface area contributed by atoms with Crippen LogP contribution in [0.15, 0.2) is 22.8 Å². The van der Waals surface area contributed by atoms with Crippen molar-refractivity contribution in [1.29, 1.82) is 0 Å². The molecule has 2 N–H and O–H groups in total. The molecule has 1 aromatic heterocycles. The molecule has 9 heteroatoms. The summed E-state index contributed by atoms with van der Waals surface area (Å²) in [5.74, 6) is -1.22. The van der Waals surface area contributed by atoms with Crippen molar-refractivity contribution in [2.24, 2.45) is 0 Å². The molecule has 0 spiro atoms. The van der Waals surface area contributed by atoms with E-state index < -0.39 is 24.4 Å². The standard InChI is InChI=1S/C12H14N2O5S2/c15-10(16)4-9(11(17)18)14-6-13(12(20)21-7-14)5-8-2-1-3-19-8/h1-3,9H,4-7H2,(H,15,16)(H,17,18).